The number of hydrogen-bond acceptors (Lipinski definition) is 1. The fourth-order valence-electron chi connectivity index (χ4n) is 1.67. The summed E-state index contributed by atoms with van der Waals surface area (Å²) in [7, 11) is 0. The maximum atomic E-state index is 3.51. The van der Waals surface area contributed by atoms with Gasteiger partial charge in [-0.25, -0.2) is 0 Å². The molecule has 0 saturated carbocycles. The molecule has 0 aromatic heterocycles. The molecule has 0 fully saturated rings. The standard InChI is InChI=1S/C10H19N/c1-3-11-10-6-4-5-9(2)7-8-10/h5,10-11H,3-4,6-8H2,1-2H3. The first kappa shape index (κ1) is 8.79. The zero-order valence-corrected chi connectivity index (χ0v) is 7.69. The number of nitrogens with one attached hydrogen (secondary N) is 1. The van der Waals surface area contributed by atoms with E-state index >= 15 is 0 Å². The molecule has 1 nitrogen and oxygen atoms in total. The van der Waals surface area contributed by atoms with E-state index in [1.54, 1.807) is 5.57 Å². The molecule has 0 aliphatic heterocycles. The minimum absolute atomic E-state index is 0.772. The van der Waals surface area contributed by atoms with Crippen LogP contribution in [0.4, 0.5) is 0 Å². The predicted octanol–water partition coefficient (Wildman–Crippen LogP) is 2.48. The lowest BCUT2D eigenvalue weighted by Crippen LogP contribution is -2.27. The Bertz CT molecular complexity index is 138. The largest absolute Gasteiger partial charge is 0.314 e. The van der Waals surface area contributed by atoms with Crippen molar-refractivity contribution < 1.29 is 0 Å². The Morgan fingerprint density at radius 1 is 1.55 bits per heavy atom. The first-order valence-electron chi connectivity index (χ1n) is 4.72. The van der Waals surface area contributed by atoms with Crippen LogP contribution >= 0.6 is 0 Å². The second kappa shape index (κ2) is 4.55. The van der Waals surface area contributed by atoms with E-state index in [9.17, 15) is 0 Å². The molecule has 0 spiro atoms. The van der Waals surface area contributed by atoms with Crippen LogP contribution in [-0.4, -0.2) is 12.6 Å². The zero-order chi connectivity index (χ0) is 8.10. The third-order valence-electron chi connectivity index (χ3n) is 2.39. The van der Waals surface area contributed by atoms with Gasteiger partial charge in [0, 0.05) is 6.04 Å². The normalized spacial score (nSPS) is 26.0. The van der Waals surface area contributed by atoms with Gasteiger partial charge in [-0.05, 0) is 39.2 Å². The molecule has 0 aromatic rings. The lowest BCUT2D eigenvalue weighted by Gasteiger charge is -2.14. The third kappa shape index (κ3) is 3.06. The van der Waals surface area contributed by atoms with Crippen molar-refractivity contribution in [2.45, 2.75) is 45.6 Å². The van der Waals surface area contributed by atoms with Gasteiger partial charge >= 0.3 is 0 Å². The Morgan fingerprint density at radius 2 is 2.36 bits per heavy atom. The second-order valence-corrected chi connectivity index (χ2v) is 3.42. The van der Waals surface area contributed by atoms with Crippen molar-refractivity contribution in [1.29, 1.82) is 0 Å². The van der Waals surface area contributed by atoms with Crippen LogP contribution in [0.25, 0.3) is 0 Å². The number of allylic oxidation sites excluding steroid dienone is 2. The smallest absolute Gasteiger partial charge is 0.00729 e. The Kier molecular flexibility index (Phi) is 3.64. The second-order valence-electron chi connectivity index (χ2n) is 3.42. The zero-order valence-electron chi connectivity index (χ0n) is 7.69. The maximum Gasteiger partial charge on any atom is 0.00729 e. The van der Waals surface area contributed by atoms with Crippen LogP contribution in [0.1, 0.15) is 39.5 Å². The Morgan fingerprint density at radius 3 is 3.09 bits per heavy atom. The molecule has 1 aliphatic rings. The minimum Gasteiger partial charge on any atom is -0.314 e. The average Bonchev–Trinajstić information content (AvgIpc) is 2.17. The summed E-state index contributed by atoms with van der Waals surface area (Å²) in [5.41, 5.74) is 1.57. The fourth-order valence-corrected chi connectivity index (χ4v) is 1.67. The van der Waals surface area contributed by atoms with Gasteiger partial charge in [0.2, 0.25) is 0 Å². The van der Waals surface area contributed by atoms with Gasteiger partial charge in [0.1, 0.15) is 0 Å². The molecule has 1 rings (SSSR count). The molecular weight excluding hydrogens is 134 g/mol. The van der Waals surface area contributed by atoms with Gasteiger partial charge in [-0.3, -0.25) is 0 Å². The van der Waals surface area contributed by atoms with Crippen molar-refractivity contribution in [3.63, 3.8) is 0 Å². The molecule has 0 heterocycles. The summed E-state index contributed by atoms with van der Waals surface area (Å²) in [6.07, 6.45) is 7.60. The molecule has 0 saturated heterocycles. The van der Waals surface area contributed by atoms with Gasteiger partial charge in [-0.1, -0.05) is 18.6 Å². The summed E-state index contributed by atoms with van der Waals surface area (Å²) >= 11 is 0. The Labute approximate surface area is 69.9 Å². The monoisotopic (exact) mass is 153 g/mol. The minimum atomic E-state index is 0.772. The molecule has 1 N–H and O–H groups in total. The van der Waals surface area contributed by atoms with Crippen molar-refractivity contribution in [3.8, 4) is 0 Å². The highest BCUT2D eigenvalue weighted by atomic mass is 14.9. The van der Waals surface area contributed by atoms with E-state index in [-0.39, 0.29) is 0 Å². The molecule has 0 amide bonds. The van der Waals surface area contributed by atoms with Gasteiger partial charge in [0.15, 0.2) is 0 Å². The Hall–Kier alpha value is -0.300. The average molecular weight is 153 g/mol. The van der Waals surface area contributed by atoms with Crippen LogP contribution in [0.5, 0.6) is 0 Å². The van der Waals surface area contributed by atoms with E-state index in [0.29, 0.717) is 0 Å². The Balaban J connectivity index is 2.29. The summed E-state index contributed by atoms with van der Waals surface area (Å²) in [6, 6.07) is 0.772. The molecular formula is C10H19N. The fraction of sp³-hybridized carbons (Fsp3) is 0.800. The number of hydrogen-bond donors (Lipinski definition) is 1. The van der Waals surface area contributed by atoms with Crippen molar-refractivity contribution in [1.82, 2.24) is 5.32 Å². The number of rotatable bonds is 2. The highest BCUT2D eigenvalue weighted by Crippen LogP contribution is 2.16. The van der Waals surface area contributed by atoms with Crippen molar-refractivity contribution in [3.05, 3.63) is 11.6 Å². The quantitative estimate of drug-likeness (QED) is 0.601. The first-order valence-corrected chi connectivity index (χ1v) is 4.72. The van der Waals surface area contributed by atoms with E-state index in [1.165, 1.54) is 25.7 Å². The van der Waals surface area contributed by atoms with E-state index < -0.39 is 0 Å². The molecule has 64 valence electrons. The van der Waals surface area contributed by atoms with Crippen LogP contribution in [0.3, 0.4) is 0 Å². The molecule has 0 bridgehead atoms. The molecule has 11 heavy (non-hydrogen) atoms. The molecule has 1 heteroatoms. The van der Waals surface area contributed by atoms with Crippen LogP contribution in [0, 0.1) is 0 Å². The summed E-state index contributed by atoms with van der Waals surface area (Å²) < 4.78 is 0. The summed E-state index contributed by atoms with van der Waals surface area (Å²) in [5.74, 6) is 0. The van der Waals surface area contributed by atoms with Gasteiger partial charge in [0.25, 0.3) is 0 Å². The summed E-state index contributed by atoms with van der Waals surface area (Å²) in [5, 5.41) is 3.51. The van der Waals surface area contributed by atoms with Crippen LogP contribution in [0.2, 0.25) is 0 Å². The van der Waals surface area contributed by atoms with E-state index in [0.717, 1.165) is 12.6 Å². The predicted molar refractivity (Wildman–Crippen MR) is 49.7 cm³/mol. The topological polar surface area (TPSA) is 12.0 Å². The van der Waals surface area contributed by atoms with Crippen LogP contribution in [-0.2, 0) is 0 Å². The summed E-state index contributed by atoms with van der Waals surface area (Å²) in [4.78, 5) is 0. The summed E-state index contributed by atoms with van der Waals surface area (Å²) in [6.45, 7) is 5.54. The van der Waals surface area contributed by atoms with Gasteiger partial charge in [-0.15, -0.1) is 0 Å². The lowest BCUT2D eigenvalue weighted by molar-refractivity contribution is 0.476. The lowest BCUT2D eigenvalue weighted by atomic mass is 10.1. The highest BCUT2D eigenvalue weighted by molar-refractivity contribution is 5.01. The molecule has 1 aliphatic carbocycles. The van der Waals surface area contributed by atoms with E-state index in [4.69, 9.17) is 0 Å². The van der Waals surface area contributed by atoms with Crippen molar-refractivity contribution in [2.75, 3.05) is 6.54 Å². The van der Waals surface area contributed by atoms with Crippen LogP contribution < -0.4 is 5.32 Å². The van der Waals surface area contributed by atoms with Crippen molar-refractivity contribution >= 4 is 0 Å². The highest BCUT2D eigenvalue weighted by Gasteiger charge is 2.09. The van der Waals surface area contributed by atoms with Crippen LogP contribution in [0.15, 0.2) is 11.6 Å². The van der Waals surface area contributed by atoms with Gasteiger partial charge in [0.05, 0.1) is 0 Å². The van der Waals surface area contributed by atoms with Gasteiger partial charge < -0.3 is 5.32 Å². The van der Waals surface area contributed by atoms with Gasteiger partial charge in [-0.2, -0.15) is 0 Å². The molecule has 0 aromatic carbocycles. The SMILES string of the molecule is CCNC1CCC=C(C)CC1. The molecule has 1 atom stereocenters. The third-order valence-corrected chi connectivity index (χ3v) is 2.39. The van der Waals surface area contributed by atoms with E-state index in [1.807, 2.05) is 0 Å². The first-order chi connectivity index (χ1) is 5.33. The molecule has 0 radical (unpaired) electrons. The van der Waals surface area contributed by atoms with E-state index in [2.05, 4.69) is 25.2 Å². The van der Waals surface area contributed by atoms with Crippen molar-refractivity contribution in [2.24, 2.45) is 0 Å². The molecule has 1 unspecified atom stereocenters. The maximum absolute atomic E-state index is 3.51.